The van der Waals surface area contributed by atoms with Crippen molar-refractivity contribution in [2.45, 2.75) is 22.7 Å². The molecule has 0 saturated carbocycles. The van der Waals surface area contributed by atoms with Crippen LogP contribution in [0.15, 0.2) is 97.1 Å². The fourth-order valence-electron chi connectivity index (χ4n) is 3.13. The summed E-state index contributed by atoms with van der Waals surface area (Å²) in [6, 6.07) is 16.1. The Bertz CT molecular complexity index is 1410. The molecule has 0 radical (unpaired) electrons. The minimum absolute atomic E-state index is 0.00180. The number of thiophene rings is 1. The first kappa shape index (κ1) is 24.2. The number of sulfone groups is 1. The van der Waals surface area contributed by atoms with E-state index in [0.29, 0.717) is 4.47 Å². The van der Waals surface area contributed by atoms with Gasteiger partial charge >= 0.3 is 6.18 Å². The number of alkyl halides is 3. The Balaban J connectivity index is 1.70. The van der Waals surface area contributed by atoms with Crippen molar-refractivity contribution in [2.24, 2.45) is 0 Å². The van der Waals surface area contributed by atoms with Gasteiger partial charge in [-0.05, 0) is 66.0 Å². The Hall–Kier alpha value is -2.89. The van der Waals surface area contributed by atoms with Crippen LogP contribution in [0.4, 0.5) is 18.9 Å². The second-order valence-corrected chi connectivity index (χ2v) is 10.9. The van der Waals surface area contributed by atoms with Gasteiger partial charge in [0, 0.05) is 15.0 Å². The van der Waals surface area contributed by atoms with Gasteiger partial charge in [0.25, 0.3) is 5.91 Å². The van der Waals surface area contributed by atoms with Gasteiger partial charge < -0.3 is 9.32 Å². The Labute approximate surface area is 205 Å². The normalized spacial score (nSPS) is 12.0. The molecule has 2 aromatic carbocycles. The van der Waals surface area contributed by atoms with Crippen LogP contribution in [0.3, 0.4) is 0 Å². The van der Waals surface area contributed by atoms with Gasteiger partial charge in [-0.2, -0.15) is 13.2 Å². The third kappa shape index (κ3) is 5.11. The minimum Gasteiger partial charge on any atom is -0.439 e. The van der Waals surface area contributed by atoms with E-state index in [1.54, 1.807) is 29.6 Å². The molecule has 0 spiro atoms. The third-order valence-corrected chi connectivity index (χ3v) is 7.84. The first-order valence-electron chi connectivity index (χ1n) is 9.68. The number of benzene rings is 2. The number of amides is 1. The molecule has 0 aliphatic heterocycles. The number of hydrogen-bond donors (Lipinski definition) is 0. The van der Waals surface area contributed by atoms with Crippen LogP contribution in [-0.2, 0) is 22.6 Å². The molecule has 0 N–H and O–H groups in total. The molecule has 34 heavy (non-hydrogen) atoms. The summed E-state index contributed by atoms with van der Waals surface area (Å²) in [4.78, 5) is 15.1. The molecule has 4 rings (SSSR count). The summed E-state index contributed by atoms with van der Waals surface area (Å²) in [6.45, 7) is -0.0205. The van der Waals surface area contributed by atoms with Crippen molar-refractivity contribution in [1.82, 2.24) is 0 Å². The maximum atomic E-state index is 13.3. The molecule has 2 aromatic heterocycles. The lowest BCUT2D eigenvalue weighted by atomic mass is 10.1. The van der Waals surface area contributed by atoms with Crippen molar-refractivity contribution >= 4 is 48.7 Å². The summed E-state index contributed by atoms with van der Waals surface area (Å²) in [7, 11) is -4.04. The highest BCUT2D eigenvalue weighted by molar-refractivity contribution is 9.10. The van der Waals surface area contributed by atoms with Gasteiger partial charge in [0.15, 0.2) is 5.76 Å². The van der Waals surface area contributed by atoms with Crippen LogP contribution in [0.25, 0.3) is 0 Å². The average molecular weight is 570 g/mol. The smallest absolute Gasteiger partial charge is 0.416 e. The lowest BCUT2D eigenvalue weighted by Gasteiger charge is -2.22. The lowest BCUT2D eigenvalue weighted by Crippen LogP contribution is -2.30. The van der Waals surface area contributed by atoms with E-state index in [4.69, 9.17) is 4.42 Å². The van der Waals surface area contributed by atoms with Crippen LogP contribution in [-0.4, -0.2) is 14.3 Å². The molecule has 0 atom stereocenters. The predicted molar refractivity (Wildman–Crippen MR) is 125 cm³/mol. The molecular formula is C23H15BrF3NO4S2. The average Bonchev–Trinajstić information content (AvgIpc) is 3.49. The van der Waals surface area contributed by atoms with E-state index in [9.17, 15) is 26.4 Å². The molecule has 0 aliphatic rings. The van der Waals surface area contributed by atoms with E-state index < -0.39 is 32.6 Å². The van der Waals surface area contributed by atoms with Crippen LogP contribution in [0.5, 0.6) is 0 Å². The maximum absolute atomic E-state index is 13.3. The molecule has 176 valence electrons. The second kappa shape index (κ2) is 9.40. The first-order valence-corrected chi connectivity index (χ1v) is 12.8. The topological polar surface area (TPSA) is 67.6 Å². The summed E-state index contributed by atoms with van der Waals surface area (Å²) in [5.41, 5.74) is -0.908. The second-order valence-electron chi connectivity index (χ2n) is 7.09. The van der Waals surface area contributed by atoms with Crippen LogP contribution < -0.4 is 4.90 Å². The summed E-state index contributed by atoms with van der Waals surface area (Å²) in [5.74, 6) is -1.09. The molecular weight excluding hydrogens is 555 g/mol. The number of carbonyl (C=O) groups excluding carboxylic acids is 1. The first-order chi connectivity index (χ1) is 16.1. The Kier molecular flexibility index (Phi) is 6.70. The number of furan rings is 1. The summed E-state index contributed by atoms with van der Waals surface area (Å²) in [5, 5.41) is 1.33. The van der Waals surface area contributed by atoms with Gasteiger partial charge in [-0.15, -0.1) is 11.3 Å². The van der Waals surface area contributed by atoms with E-state index in [1.807, 2.05) is 0 Å². The van der Waals surface area contributed by atoms with Crippen LogP contribution in [0.2, 0.25) is 0 Å². The molecule has 5 nitrogen and oxygen atoms in total. The van der Waals surface area contributed by atoms with Gasteiger partial charge in [-0.3, -0.25) is 4.79 Å². The molecule has 2 heterocycles. The Morgan fingerprint density at radius 2 is 1.74 bits per heavy atom. The van der Waals surface area contributed by atoms with Crippen LogP contribution in [0, 0.1) is 0 Å². The van der Waals surface area contributed by atoms with Gasteiger partial charge in [-0.25, -0.2) is 8.42 Å². The largest absolute Gasteiger partial charge is 0.439 e. The number of halogens is 4. The number of anilines is 1. The van der Waals surface area contributed by atoms with Crippen LogP contribution >= 0.6 is 27.3 Å². The minimum atomic E-state index is -4.59. The van der Waals surface area contributed by atoms with Gasteiger partial charge in [-0.1, -0.05) is 28.1 Å². The van der Waals surface area contributed by atoms with Gasteiger partial charge in [0.1, 0.15) is 0 Å². The summed E-state index contributed by atoms with van der Waals surface area (Å²) >= 11 is 4.56. The fraction of sp³-hybridized carbons (Fsp3) is 0.0870. The lowest BCUT2D eigenvalue weighted by molar-refractivity contribution is -0.137. The third-order valence-electron chi connectivity index (χ3n) is 4.81. The molecule has 4 aromatic rings. The molecule has 1 amide bonds. The highest BCUT2D eigenvalue weighted by Crippen LogP contribution is 2.33. The van der Waals surface area contributed by atoms with E-state index in [2.05, 4.69) is 15.9 Å². The predicted octanol–water partition coefficient (Wildman–Crippen LogP) is 6.80. The standard InChI is InChI=1S/C23H15BrF3NO4S2/c24-16-6-8-19(9-7-16)34(30,31)21-11-10-20(32-21)22(29)28(14-18-5-2-12-33-18)17-4-1-3-15(13-17)23(25,26)27/h1-13H,14H2. The Morgan fingerprint density at radius 1 is 1.00 bits per heavy atom. The van der Waals surface area contributed by atoms with Crippen molar-refractivity contribution in [3.63, 3.8) is 0 Å². The van der Waals surface area contributed by atoms with Crippen molar-refractivity contribution in [1.29, 1.82) is 0 Å². The SMILES string of the molecule is O=C(c1ccc(S(=O)(=O)c2ccc(Br)cc2)o1)N(Cc1cccs1)c1cccc(C(F)(F)F)c1. The monoisotopic (exact) mass is 569 g/mol. The highest BCUT2D eigenvalue weighted by atomic mass is 79.9. The molecule has 11 heteroatoms. The van der Waals surface area contributed by atoms with Crippen molar-refractivity contribution in [2.75, 3.05) is 4.90 Å². The van der Waals surface area contributed by atoms with Gasteiger partial charge in [0.05, 0.1) is 17.0 Å². The summed E-state index contributed by atoms with van der Waals surface area (Å²) in [6.07, 6.45) is -4.59. The molecule has 0 unspecified atom stereocenters. The zero-order valence-corrected chi connectivity index (χ0v) is 20.3. The number of nitrogens with zero attached hydrogens (tertiary/aromatic N) is 1. The maximum Gasteiger partial charge on any atom is 0.416 e. The quantitative estimate of drug-likeness (QED) is 0.256. The zero-order valence-electron chi connectivity index (χ0n) is 17.1. The van der Waals surface area contributed by atoms with E-state index in [0.717, 1.165) is 28.0 Å². The zero-order chi connectivity index (χ0) is 24.5. The number of hydrogen-bond acceptors (Lipinski definition) is 5. The van der Waals surface area contributed by atoms with Crippen molar-refractivity contribution in [3.8, 4) is 0 Å². The van der Waals surface area contributed by atoms with Crippen molar-refractivity contribution < 1.29 is 30.8 Å². The van der Waals surface area contributed by atoms with Crippen LogP contribution in [0.1, 0.15) is 21.0 Å². The fourth-order valence-corrected chi connectivity index (χ4v) is 5.26. The summed E-state index contributed by atoms with van der Waals surface area (Å²) < 4.78 is 71.6. The van der Waals surface area contributed by atoms with E-state index in [1.165, 1.54) is 41.7 Å². The van der Waals surface area contributed by atoms with E-state index in [-0.39, 0.29) is 22.9 Å². The van der Waals surface area contributed by atoms with Gasteiger partial charge in [0.2, 0.25) is 14.9 Å². The molecule has 0 fully saturated rings. The van der Waals surface area contributed by atoms with E-state index >= 15 is 0 Å². The number of carbonyl (C=O) groups is 1. The molecule has 0 aliphatic carbocycles. The number of rotatable bonds is 6. The molecule has 0 bridgehead atoms. The highest BCUT2D eigenvalue weighted by Gasteiger charge is 2.32. The Morgan fingerprint density at radius 3 is 2.38 bits per heavy atom. The molecule has 0 saturated heterocycles. The van der Waals surface area contributed by atoms with Crippen molar-refractivity contribution in [3.05, 3.63) is 98.9 Å².